The first-order valence-corrected chi connectivity index (χ1v) is 8.43. The van der Waals surface area contributed by atoms with Gasteiger partial charge in [0.25, 0.3) is 5.91 Å². The Morgan fingerprint density at radius 2 is 2.08 bits per heavy atom. The fraction of sp³-hybridized carbons (Fsp3) is 0.0556. The number of hydrogen-bond acceptors (Lipinski definition) is 4. The van der Waals surface area contributed by atoms with Gasteiger partial charge in [-0.05, 0) is 47.7 Å². The fourth-order valence-corrected chi connectivity index (χ4v) is 3.26. The van der Waals surface area contributed by atoms with Crippen LogP contribution in [0.1, 0.15) is 5.56 Å². The molecule has 0 bridgehead atoms. The summed E-state index contributed by atoms with van der Waals surface area (Å²) in [4.78, 5) is 23.4. The van der Waals surface area contributed by atoms with Gasteiger partial charge in [0.05, 0.1) is 16.8 Å². The summed E-state index contributed by atoms with van der Waals surface area (Å²) in [6.07, 6.45) is 6.86. The molecule has 4 nitrogen and oxygen atoms in total. The molecule has 2 aromatic rings. The summed E-state index contributed by atoms with van der Waals surface area (Å²) in [7, 11) is 0. The van der Waals surface area contributed by atoms with E-state index in [2.05, 4.69) is 16.6 Å². The number of carbonyl (C=O) groups is 1. The van der Waals surface area contributed by atoms with E-state index in [1.54, 1.807) is 35.5 Å². The molecule has 1 aromatic carbocycles. The Morgan fingerprint density at radius 3 is 2.75 bits per heavy atom. The average molecular weight is 356 g/mol. The van der Waals surface area contributed by atoms with E-state index in [0.717, 1.165) is 5.56 Å². The van der Waals surface area contributed by atoms with Gasteiger partial charge >= 0.3 is 0 Å². The van der Waals surface area contributed by atoms with Gasteiger partial charge in [0, 0.05) is 17.8 Å². The monoisotopic (exact) mass is 355 g/mol. The molecule has 120 valence electrons. The lowest BCUT2D eigenvalue weighted by Gasteiger charge is -2.12. The number of benzene rings is 1. The van der Waals surface area contributed by atoms with E-state index < -0.39 is 0 Å². The summed E-state index contributed by atoms with van der Waals surface area (Å²) in [5, 5.41) is 1.28. The molecule has 1 saturated heterocycles. The Bertz CT molecular complexity index is 816. The zero-order valence-corrected chi connectivity index (χ0v) is 14.3. The lowest BCUT2D eigenvalue weighted by molar-refractivity contribution is -0.121. The van der Waals surface area contributed by atoms with Crippen molar-refractivity contribution in [2.24, 2.45) is 4.99 Å². The standard InChI is InChI=1S/C18H14ClN3OS/c1-2-10-22-17(23)16(11-13-5-7-14(19)8-6-13)24-18(22)21-15-4-3-9-20-12-15/h2-9,11-12H,1,10H2/b16-11-,21-18?. The molecule has 1 aliphatic heterocycles. The fourth-order valence-electron chi connectivity index (χ4n) is 2.12. The Hall–Kier alpha value is -2.37. The minimum atomic E-state index is -0.0857. The van der Waals surface area contributed by atoms with Crippen LogP contribution in [0.4, 0.5) is 5.69 Å². The van der Waals surface area contributed by atoms with Crippen molar-refractivity contribution in [3.63, 3.8) is 0 Å². The molecule has 0 saturated carbocycles. The SMILES string of the molecule is C=CCN1C(=O)/C(=C/c2ccc(Cl)cc2)SC1=Nc1cccnc1. The van der Waals surface area contributed by atoms with Crippen LogP contribution in [0.2, 0.25) is 5.02 Å². The van der Waals surface area contributed by atoms with Crippen LogP contribution in [0.25, 0.3) is 6.08 Å². The number of halogens is 1. The van der Waals surface area contributed by atoms with Crippen molar-refractivity contribution in [3.8, 4) is 0 Å². The quantitative estimate of drug-likeness (QED) is 0.598. The maximum atomic E-state index is 12.6. The Morgan fingerprint density at radius 1 is 1.29 bits per heavy atom. The molecule has 0 aliphatic carbocycles. The van der Waals surface area contributed by atoms with E-state index in [0.29, 0.717) is 27.3 Å². The van der Waals surface area contributed by atoms with E-state index in [1.165, 1.54) is 11.8 Å². The molecular weight excluding hydrogens is 342 g/mol. The molecule has 6 heteroatoms. The molecule has 0 radical (unpaired) electrons. The van der Waals surface area contributed by atoms with Gasteiger partial charge in [-0.25, -0.2) is 4.99 Å². The molecule has 0 N–H and O–H groups in total. The van der Waals surface area contributed by atoms with E-state index in [1.807, 2.05) is 30.3 Å². The van der Waals surface area contributed by atoms with Gasteiger partial charge in [0.15, 0.2) is 5.17 Å². The number of amides is 1. The van der Waals surface area contributed by atoms with Crippen LogP contribution in [0.15, 0.2) is 71.3 Å². The Labute approximate surface area is 149 Å². The summed E-state index contributed by atoms with van der Waals surface area (Å²) >= 11 is 7.24. The molecule has 0 unspecified atom stereocenters. The number of thioether (sulfide) groups is 1. The van der Waals surface area contributed by atoms with E-state index in [4.69, 9.17) is 11.6 Å². The van der Waals surface area contributed by atoms with Crippen molar-refractivity contribution in [2.75, 3.05) is 6.54 Å². The highest BCUT2D eigenvalue weighted by Crippen LogP contribution is 2.34. The van der Waals surface area contributed by atoms with Gasteiger partial charge in [-0.1, -0.05) is 29.8 Å². The smallest absolute Gasteiger partial charge is 0.267 e. The largest absolute Gasteiger partial charge is 0.283 e. The second kappa shape index (κ2) is 7.47. The number of pyridine rings is 1. The summed E-state index contributed by atoms with van der Waals surface area (Å²) in [6, 6.07) is 11.0. The summed E-state index contributed by atoms with van der Waals surface area (Å²) in [5.74, 6) is -0.0857. The highest BCUT2D eigenvalue weighted by molar-refractivity contribution is 8.18. The van der Waals surface area contributed by atoms with Crippen LogP contribution in [-0.4, -0.2) is 27.5 Å². The maximum Gasteiger partial charge on any atom is 0.267 e. The van der Waals surface area contributed by atoms with E-state index in [-0.39, 0.29) is 5.91 Å². The van der Waals surface area contributed by atoms with Gasteiger partial charge in [0.2, 0.25) is 0 Å². The van der Waals surface area contributed by atoms with Crippen LogP contribution in [0.3, 0.4) is 0 Å². The van der Waals surface area contributed by atoms with Crippen molar-refractivity contribution < 1.29 is 4.79 Å². The molecule has 1 aromatic heterocycles. The number of rotatable bonds is 4. The minimum Gasteiger partial charge on any atom is -0.283 e. The topological polar surface area (TPSA) is 45.6 Å². The first-order chi connectivity index (χ1) is 11.7. The molecule has 1 fully saturated rings. The van der Waals surface area contributed by atoms with Crippen LogP contribution in [0.5, 0.6) is 0 Å². The number of carbonyl (C=O) groups excluding carboxylic acids is 1. The number of aliphatic imine (C=N–C) groups is 1. The molecular formula is C18H14ClN3OS. The Balaban J connectivity index is 1.93. The van der Waals surface area contributed by atoms with Crippen molar-refractivity contribution in [1.82, 2.24) is 9.88 Å². The van der Waals surface area contributed by atoms with Crippen molar-refractivity contribution in [2.45, 2.75) is 0 Å². The average Bonchev–Trinajstić information content (AvgIpc) is 2.87. The van der Waals surface area contributed by atoms with Crippen LogP contribution >= 0.6 is 23.4 Å². The third kappa shape index (κ3) is 3.75. The number of nitrogens with zero attached hydrogens (tertiary/aromatic N) is 3. The van der Waals surface area contributed by atoms with Gasteiger partial charge in [-0.3, -0.25) is 14.7 Å². The van der Waals surface area contributed by atoms with Crippen molar-refractivity contribution in [3.05, 3.63) is 76.9 Å². The molecule has 1 aliphatic rings. The van der Waals surface area contributed by atoms with Gasteiger partial charge in [0.1, 0.15) is 0 Å². The van der Waals surface area contributed by atoms with Gasteiger partial charge in [-0.15, -0.1) is 6.58 Å². The Kier molecular flexibility index (Phi) is 5.13. The van der Waals surface area contributed by atoms with Crippen molar-refractivity contribution in [1.29, 1.82) is 0 Å². The normalized spacial score (nSPS) is 17.7. The zero-order chi connectivity index (χ0) is 16.9. The molecule has 24 heavy (non-hydrogen) atoms. The second-order valence-electron chi connectivity index (χ2n) is 4.97. The summed E-state index contributed by atoms with van der Waals surface area (Å²) < 4.78 is 0. The van der Waals surface area contributed by atoms with Gasteiger partial charge in [-0.2, -0.15) is 0 Å². The molecule has 0 atom stereocenters. The van der Waals surface area contributed by atoms with Gasteiger partial charge < -0.3 is 0 Å². The third-order valence-electron chi connectivity index (χ3n) is 3.24. The first kappa shape index (κ1) is 16.5. The predicted octanol–water partition coefficient (Wildman–Crippen LogP) is 4.53. The third-order valence-corrected chi connectivity index (χ3v) is 4.50. The predicted molar refractivity (Wildman–Crippen MR) is 100 cm³/mol. The number of aromatic nitrogens is 1. The zero-order valence-electron chi connectivity index (χ0n) is 12.7. The van der Waals surface area contributed by atoms with Crippen LogP contribution in [0, 0.1) is 0 Å². The van der Waals surface area contributed by atoms with E-state index >= 15 is 0 Å². The van der Waals surface area contributed by atoms with Crippen LogP contribution < -0.4 is 0 Å². The summed E-state index contributed by atoms with van der Waals surface area (Å²) in [5.41, 5.74) is 1.62. The summed E-state index contributed by atoms with van der Waals surface area (Å²) in [6.45, 7) is 4.12. The maximum absolute atomic E-state index is 12.6. The molecule has 3 rings (SSSR count). The lowest BCUT2D eigenvalue weighted by Crippen LogP contribution is -2.29. The van der Waals surface area contributed by atoms with Crippen LogP contribution in [-0.2, 0) is 4.79 Å². The first-order valence-electron chi connectivity index (χ1n) is 7.24. The van der Waals surface area contributed by atoms with E-state index in [9.17, 15) is 4.79 Å². The number of amidine groups is 1. The molecule has 1 amide bonds. The molecule has 2 heterocycles. The second-order valence-corrected chi connectivity index (χ2v) is 6.42. The van der Waals surface area contributed by atoms with Crippen molar-refractivity contribution >= 4 is 46.2 Å². The number of hydrogen-bond donors (Lipinski definition) is 0. The minimum absolute atomic E-state index is 0.0857. The molecule has 0 spiro atoms. The lowest BCUT2D eigenvalue weighted by atomic mass is 10.2. The highest BCUT2D eigenvalue weighted by atomic mass is 35.5. The highest BCUT2D eigenvalue weighted by Gasteiger charge is 2.32.